The lowest BCUT2D eigenvalue weighted by Crippen LogP contribution is -2.26. The summed E-state index contributed by atoms with van der Waals surface area (Å²) in [5, 5.41) is 3.67. The number of amides is 1. The largest absolute Gasteiger partial charge is 0.441 e. The zero-order chi connectivity index (χ0) is 15.5. The van der Waals surface area contributed by atoms with Crippen molar-refractivity contribution in [1.29, 1.82) is 0 Å². The quantitative estimate of drug-likeness (QED) is 0.880. The number of carbonyl (C=O) groups excluding carboxylic acids is 1. The molecule has 1 fully saturated rings. The van der Waals surface area contributed by atoms with Gasteiger partial charge in [0.05, 0.1) is 11.2 Å². The number of nitrogens with one attached hydrogen (secondary N) is 1. The molecule has 1 heterocycles. The Hall–Kier alpha value is -1.81. The van der Waals surface area contributed by atoms with Crippen molar-refractivity contribution in [2.24, 2.45) is 5.92 Å². The molecule has 1 saturated carbocycles. The van der Waals surface area contributed by atoms with E-state index in [4.69, 9.17) is 16.0 Å². The summed E-state index contributed by atoms with van der Waals surface area (Å²) in [6, 6.07) is 7.84. The number of hydrogen-bond donors (Lipinski definition) is 1. The van der Waals surface area contributed by atoms with E-state index in [1.807, 2.05) is 24.3 Å². The zero-order valence-electron chi connectivity index (χ0n) is 12.5. The van der Waals surface area contributed by atoms with Gasteiger partial charge in [0.25, 0.3) is 0 Å². The summed E-state index contributed by atoms with van der Waals surface area (Å²) < 4.78 is 5.69. The summed E-state index contributed by atoms with van der Waals surface area (Å²) in [6.45, 7) is 2.15. The fraction of sp³-hybridized carbons (Fsp3) is 0.412. The van der Waals surface area contributed by atoms with Gasteiger partial charge in [0, 0.05) is 24.4 Å². The monoisotopic (exact) mass is 318 g/mol. The van der Waals surface area contributed by atoms with Gasteiger partial charge in [-0.15, -0.1) is 0 Å². The Morgan fingerprint density at radius 3 is 3.00 bits per heavy atom. The lowest BCUT2D eigenvalue weighted by atomic mass is 10.2. The van der Waals surface area contributed by atoms with Crippen LogP contribution in [0, 0.1) is 5.92 Å². The van der Waals surface area contributed by atoms with E-state index in [9.17, 15) is 4.79 Å². The highest BCUT2D eigenvalue weighted by atomic mass is 35.5. The summed E-state index contributed by atoms with van der Waals surface area (Å²) >= 11 is 6.14. The Bertz CT molecular complexity index is 668. The number of carbonyl (C=O) groups is 1. The molecule has 0 spiro atoms. The van der Waals surface area contributed by atoms with Crippen LogP contribution in [0.2, 0.25) is 5.02 Å². The Morgan fingerprint density at radius 2 is 2.27 bits per heavy atom. The smallest absolute Gasteiger partial charge is 0.220 e. The molecule has 4 nitrogen and oxygen atoms in total. The van der Waals surface area contributed by atoms with E-state index in [2.05, 4.69) is 17.2 Å². The van der Waals surface area contributed by atoms with Crippen LogP contribution in [0.1, 0.15) is 32.1 Å². The molecular formula is C17H19ClN2O2. The second-order valence-corrected chi connectivity index (χ2v) is 6.08. The van der Waals surface area contributed by atoms with Crippen molar-refractivity contribution in [3.05, 3.63) is 41.4 Å². The minimum atomic E-state index is 0.0680. The Balaban J connectivity index is 1.54. The maximum Gasteiger partial charge on any atom is 0.220 e. The van der Waals surface area contributed by atoms with Crippen LogP contribution in [0.5, 0.6) is 0 Å². The molecule has 1 aliphatic carbocycles. The number of nitrogens with zero attached hydrogens (tertiary/aromatic N) is 1. The topological polar surface area (TPSA) is 55.1 Å². The summed E-state index contributed by atoms with van der Waals surface area (Å²) in [4.78, 5) is 16.1. The molecule has 1 amide bonds. The number of aromatic nitrogens is 1. The maximum atomic E-state index is 11.9. The third kappa shape index (κ3) is 3.50. The molecule has 0 unspecified atom stereocenters. The van der Waals surface area contributed by atoms with Crippen LogP contribution in [0.3, 0.4) is 0 Å². The fourth-order valence-electron chi connectivity index (χ4n) is 2.59. The van der Waals surface area contributed by atoms with Gasteiger partial charge in [-0.05, 0) is 24.5 Å². The van der Waals surface area contributed by atoms with Crippen molar-refractivity contribution in [2.45, 2.75) is 38.6 Å². The third-order valence-electron chi connectivity index (χ3n) is 4.05. The van der Waals surface area contributed by atoms with Gasteiger partial charge in [0.2, 0.25) is 5.91 Å². The van der Waals surface area contributed by atoms with E-state index in [1.165, 1.54) is 0 Å². The summed E-state index contributed by atoms with van der Waals surface area (Å²) in [5.74, 6) is 1.93. The highest BCUT2D eigenvalue weighted by molar-refractivity contribution is 6.33. The fourth-order valence-corrected chi connectivity index (χ4v) is 2.82. The minimum absolute atomic E-state index is 0.0680. The van der Waals surface area contributed by atoms with Crippen LogP contribution in [-0.4, -0.2) is 16.9 Å². The molecule has 2 atom stereocenters. The zero-order valence-corrected chi connectivity index (χ0v) is 13.3. The van der Waals surface area contributed by atoms with E-state index in [1.54, 1.807) is 6.20 Å². The van der Waals surface area contributed by atoms with Crippen LogP contribution >= 0.6 is 11.6 Å². The van der Waals surface area contributed by atoms with Gasteiger partial charge in [-0.25, -0.2) is 4.98 Å². The molecule has 3 rings (SSSR count). The van der Waals surface area contributed by atoms with Crippen molar-refractivity contribution in [3.8, 4) is 11.3 Å². The van der Waals surface area contributed by atoms with E-state index in [-0.39, 0.29) is 5.91 Å². The number of hydrogen-bond acceptors (Lipinski definition) is 3. The first-order valence-electron chi connectivity index (χ1n) is 7.66. The van der Waals surface area contributed by atoms with Gasteiger partial charge >= 0.3 is 0 Å². The van der Waals surface area contributed by atoms with E-state index in [0.717, 1.165) is 18.4 Å². The van der Waals surface area contributed by atoms with Gasteiger partial charge < -0.3 is 9.73 Å². The van der Waals surface area contributed by atoms with Gasteiger partial charge in [-0.3, -0.25) is 4.79 Å². The van der Waals surface area contributed by atoms with Crippen molar-refractivity contribution < 1.29 is 9.21 Å². The van der Waals surface area contributed by atoms with Gasteiger partial charge in [0.1, 0.15) is 0 Å². The second-order valence-electron chi connectivity index (χ2n) is 5.68. The lowest BCUT2D eigenvalue weighted by molar-refractivity contribution is -0.121. The Kier molecular flexibility index (Phi) is 4.48. The molecule has 1 aromatic heterocycles. The van der Waals surface area contributed by atoms with Crippen LogP contribution < -0.4 is 5.32 Å². The molecule has 22 heavy (non-hydrogen) atoms. The molecule has 1 aliphatic rings. The SMILES string of the molecule is CC[C@@H]1C[C@@H]1NC(=O)CCc1ncc(-c2ccccc2Cl)o1. The van der Waals surface area contributed by atoms with Crippen molar-refractivity contribution in [3.63, 3.8) is 0 Å². The van der Waals surface area contributed by atoms with Crippen LogP contribution in [-0.2, 0) is 11.2 Å². The van der Waals surface area contributed by atoms with E-state index >= 15 is 0 Å². The van der Waals surface area contributed by atoms with Crippen molar-refractivity contribution in [1.82, 2.24) is 10.3 Å². The predicted octanol–water partition coefficient (Wildman–Crippen LogP) is 3.84. The van der Waals surface area contributed by atoms with Crippen LogP contribution in [0.25, 0.3) is 11.3 Å². The molecule has 116 valence electrons. The number of aryl methyl sites for hydroxylation is 1. The lowest BCUT2D eigenvalue weighted by Gasteiger charge is -2.02. The standard InChI is InChI=1S/C17H19ClN2O2/c1-2-11-9-14(11)20-16(21)7-8-17-19-10-15(22-17)12-5-3-4-6-13(12)18/h3-6,10-11,14H,2,7-9H2,1H3,(H,20,21)/t11-,14+/m1/s1. The van der Waals surface area contributed by atoms with Crippen LogP contribution in [0.4, 0.5) is 0 Å². The van der Waals surface area contributed by atoms with Gasteiger partial charge in [0.15, 0.2) is 11.7 Å². The Labute approximate surface area is 134 Å². The number of halogens is 1. The first-order chi connectivity index (χ1) is 10.7. The van der Waals surface area contributed by atoms with Crippen molar-refractivity contribution >= 4 is 17.5 Å². The first-order valence-corrected chi connectivity index (χ1v) is 8.04. The normalized spacial score (nSPS) is 19.9. The molecule has 2 aromatic rings. The van der Waals surface area contributed by atoms with E-state index in [0.29, 0.717) is 41.5 Å². The molecule has 1 aromatic carbocycles. The van der Waals surface area contributed by atoms with Crippen molar-refractivity contribution in [2.75, 3.05) is 0 Å². The molecule has 0 aliphatic heterocycles. The average Bonchev–Trinajstić information content (AvgIpc) is 3.09. The van der Waals surface area contributed by atoms with E-state index < -0.39 is 0 Å². The summed E-state index contributed by atoms with van der Waals surface area (Å²) in [7, 11) is 0. The summed E-state index contributed by atoms with van der Waals surface area (Å²) in [6.07, 6.45) is 4.79. The molecule has 0 saturated heterocycles. The highest BCUT2D eigenvalue weighted by Crippen LogP contribution is 2.33. The summed E-state index contributed by atoms with van der Waals surface area (Å²) in [5.41, 5.74) is 0.816. The Morgan fingerprint density at radius 1 is 1.45 bits per heavy atom. The number of benzene rings is 1. The number of rotatable bonds is 6. The van der Waals surface area contributed by atoms with Crippen LogP contribution in [0.15, 0.2) is 34.9 Å². The molecular weight excluding hydrogens is 300 g/mol. The number of oxazole rings is 1. The molecule has 0 bridgehead atoms. The first kappa shape index (κ1) is 15.1. The molecule has 1 N–H and O–H groups in total. The van der Waals surface area contributed by atoms with Gasteiger partial charge in [-0.1, -0.05) is 37.1 Å². The highest BCUT2D eigenvalue weighted by Gasteiger charge is 2.36. The second kappa shape index (κ2) is 6.53. The third-order valence-corrected chi connectivity index (χ3v) is 4.38. The predicted molar refractivity (Wildman–Crippen MR) is 85.6 cm³/mol. The average molecular weight is 319 g/mol. The maximum absolute atomic E-state index is 11.9. The molecule has 5 heteroatoms. The molecule has 0 radical (unpaired) electrons. The minimum Gasteiger partial charge on any atom is -0.441 e. The van der Waals surface area contributed by atoms with Gasteiger partial charge in [-0.2, -0.15) is 0 Å².